The summed E-state index contributed by atoms with van der Waals surface area (Å²) in [5.41, 5.74) is 1.06. The smallest absolute Gasteiger partial charge is 0.190 e. The lowest BCUT2D eigenvalue weighted by molar-refractivity contribution is 0.174. The zero-order valence-electron chi connectivity index (χ0n) is 16.3. The van der Waals surface area contributed by atoms with Gasteiger partial charge < -0.3 is 9.80 Å². The molecule has 0 amide bonds. The minimum Gasteiger partial charge on any atom is -0.357 e. The number of nitriles is 2. The average Bonchev–Trinajstić information content (AvgIpc) is 3.07. The van der Waals surface area contributed by atoms with E-state index in [0.717, 1.165) is 12.1 Å². The van der Waals surface area contributed by atoms with Gasteiger partial charge in [-0.2, -0.15) is 10.5 Å². The number of fused-ring (bicyclic) bond motifs is 1. The summed E-state index contributed by atoms with van der Waals surface area (Å²) in [5, 5.41) is 17.9. The van der Waals surface area contributed by atoms with Crippen molar-refractivity contribution in [3.05, 3.63) is 55.0 Å². The van der Waals surface area contributed by atoms with E-state index < -0.39 is 0 Å². The Morgan fingerprint density at radius 2 is 1.70 bits per heavy atom. The van der Waals surface area contributed by atoms with Crippen LogP contribution in [0.2, 0.25) is 0 Å². The van der Waals surface area contributed by atoms with Crippen molar-refractivity contribution in [3.8, 4) is 12.4 Å². The van der Waals surface area contributed by atoms with Gasteiger partial charge in [0, 0.05) is 37.1 Å². The molecule has 6 heteroatoms. The molecule has 1 atom stereocenters. The van der Waals surface area contributed by atoms with E-state index in [1.165, 1.54) is 37.2 Å². The van der Waals surface area contributed by atoms with Gasteiger partial charge in [-0.1, -0.05) is 37.6 Å². The predicted molar refractivity (Wildman–Crippen MR) is 109 cm³/mol. The Labute approximate surface area is 162 Å². The zero-order valence-corrected chi connectivity index (χ0v) is 16.3. The van der Waals surface area contributed by atoms with Crippen LogP contribution in [0.3, 0.4) is 0 Å². The minimum absolute atomic E-state index is 0.571. The van der Waals surface area contributed by atoms with Crippen LogP contribution < -0.4 is 5.32 Å². The third-order valence-electron chi connectivity index (χ3n) is 4.17. The number of aromatic nitrogens is 1. The molecule has 2 aromatic rings. The van der Waals surface area contributed by atoms with Crippen LogP contribution in [0.15, 0.2) is 55.0 Å². The number of unbranched alkanes of at least 4 members (excludes halogenated alkanes) is 1. The molecule has 0 bridgehead atoms. The van der Waals surface area contributed by atoms with E-state index in [0.29, 0.717) is 6.17 Å². The molecule has 1 aromatic heterocycles. The summed E-state index contributed by atoms with van der Waals surface area (Å²) >= 11 is 0. The monoisotopic (exact) mass is 364 g/mol. The van der Waals surface area contributed by atoms with Crippen LogP contribution in [0.5, 0.6) is 0 Å². The molecule has 142 valence electrons. The van der Waals surface area contributed by atoms with Gasteiger partial charge in [0.25, 0.3) is 0 Å². The quantitative estimate of drug-likeness (QED) is 0.652. The van der Waals surface area contributed by atoms with Crippen LogP contribution in [0.25, 0.3) is 10.9 Å². The molecular weight excluding hydrogens is 336 g/mol. The molecule has 1 aliphatic heterocycles. The third kappa shape index (κ3) is 7.66. The van der Waals surface area contributed by atoms with Crippen molar-refractivity contribution in [1.82, 2.24) is 20.1 Å². The number of nitrogens with one attached hydrogen (secondary N) is 1. The van der Waals surface area contributed by atoms with Gasteiger partial charge in [-0.15, -0.1) is 0 Å². The van der Waals surface area contributed by atoms with Gasteiger partial charge in [-0.3, -0.25) is 4.98 Å². The summed E-state index contributed by atoms with van der Waals surface area (Å²) in [6.07, 6.45) is 12.2. The fourth-order valence-corrected chi connectivity index (χ4v) is 2.62. The Morgan fingerprint density at radius 1 is 1.04 bits per heavy atom. The molecule has 0 aliphatic carbocycles. The Hall–Kier alpha value is -3.25. The maximum absolute atomic E-state index is 7.48. The van der Waals surface area contributed by atoms with Gasteiger partial charge in [-0.25, -0.2) is 5.32 Å². The summed E-state index contributed by atoms with van der Waals surface area (Å²) in [7, 11) is 0. The second kappa shape index (κ2) is 13.0. The van der Waals surface area contributed by atoms with E-state index >= 15 is 0 Å². The van der Waals surface area contributed by atoms with Crippen LogP contribution in [-0.4, -0.2) is 34.0 Å². The second-order valence-electron chi connectivity index (χ2n) is 5.90. The van der Waals surface area contributed by atoms with Gasteiger partial charge in [0.1, 0.15) is 0 Å². The summed E-state index contributed by atoms with van der Waals surface area (Å²) in [5.74, 6) is 0. The van der Waals surface area contributed by atoms with Crippen LogP contribution in [-0.2, 0) is 0 Å². The molecule has 2 heterocycles. The number of hydrogen-bond donors (Lipinski definition) is 1. The first-order chi connectivity index (χ1) is 13.2. The fraction of sp³-hybridized carbons (Fsp3) is 0.381. The SMILES string of the molecule is CCCCN1C=CN(CC)C1C.N#CNC#N.c1ccc2ncccc2c1. The second-order valence-corrected chi connectivity index (χ2v) is 5.90. The van der Waals surface area contributed by atoms with Crippen molar-refractivity contribution in [2.24, 2.45) is 0 Å². The van der Waals surface area contributed by atoms with Gasteiger partial charge in [0.2, 0.25) is 0 Å². The van der Waals surface area contributed by atoms with Crippen molar-refractivity contribution in [1.29, 1.82) is 10.5 Å². The Bertz CT molecular complexity index is 697. The zero-order chi connectivity index (χ0) is 19.9. The molecule has 0 saturated heterocycles. The van der Waals surface area contributed by atoms with Crippen LogP contribution in [0.1, 0.15) is 33.6 Å². The predicted octanol–water partition coefficient (Wildman–Crippen LogP) is 4.01. The van der Waals surface area contributed by atoms with E-state index in [2.05, 4.69) is 60.1 Å². The van der Waals surface area contributed by atoms with Crippen molar-refractivity contribution in [3.63, 3.8) is 0 Å². The number of pyridine rings is 1. The van der Waals surface area contributed by atoms with Gasteiger partial charge >= 0.3 is 0 Å². The molecule has 6 nitrogen and oxygen atoms in total. The maximum Gasteiger partial charge on any atom is 0.190 e. The first-order valence-electron chi connectivity index (χ1n) is 9.20. The summed E-state index contributed by atoms with van der Waals surface area (Å²) in [4.78, 5) is 8.95. The lowest BCUT2D eigenvalue weighted by Crippen LogP contribution is -2.36. The Morgan fingerprint density at radius 3 is 2.26 bits per heavy atom. The molecule has 1 unspecified atom stereocenters. The molecule has 0 fully saturated rings. The highest BCUT2D eigenvalue weighted by atomic mass is 15.4. The number of benzene rings is 1. The standard InChI is InChI=1S/C10H20N2.C9H7N.C2HN3/c1-4-6-7-12-9-8-11(5-2)10(12)3;1-2-6-9-8(4-1)5-3-7-10-9;3-1-5-2-4/h8-10H,4-7H2,1-3H3;1-7H;5H. The lowest BCUT2D eigenvalue weighted by Gasteiger charge is -2.28. The van der Waals surface area contributed by atoms with Gasteiger partial charge in [0.05, 0.1) is 11.7 Å². The number of para-hydroxylation sites is 1. The molecule has 3 rings (SSSR count). The first kappa shape index (κ1) is 21.8. The normalized spacial score (nSPS) is 14.3. The highest BCUT2D eigenvalue weighted by molar-refractivity contribution is 5.77. The molecule has 0 radical (unpaired) electrons. The van der Waals surface area contributed by atoms with Crippen molar-refractivity contribution >= 4 is 10.9 Å². The third-order valence-corrected chi connectivity index (χ3v) is 4.17. The number of nitrogens with zero attached hydrogens (tertiary/aromatic N) is 5. The van der Waals surface area contributed by atoms with E-state index in [4.69, 9.17) is 10.5 Å². The van der Waals surface area contributed by atoms with Gasteiger partial charge in [-0.05, 0) is 32.4 Å². The Kier molecular flexibility index (Phi) is 10.5. The molecule has 0 saturated carbocycles. The molecule has 1 N–H and O–H groups in total. The topological polar surface area (TPSA) is 79.0 Å². The van der Waals surface area contributed by atoms with Crippen molar-refractivity contribution < 1.29 is 0 Å². The number of rotatable bonds is 4. The van der Waals surface area contributed by atoms with Crippen LogP contribution in [0.4, 0.5) is 0 Å². The van der Waals surface area contributed by atoms with E-state index in [1.807, 2.05) is 30.5 Å². The highest BCUT2D eigenvalue weighted by Crippen LogP contribution is 2.15. The Balaban J connectivity index is 0.000000220. The minimum atomic E-state index is 0.571. The largest absolute Gasteiger partial charge is 0.357 e. The summed E-state index contributed by atoms with van der Waals surface area (Å²) in [6, 6.07) is 12.1. The van der Waals surface area contributed by atoms with E-state index in [-0.39, 0.29) is 0 Å². The first-order valence-corrected chi connectivity index (χ1v) is 9.20. The van der Waals surface area contributed by atoms with Crippen molar-refractivity contribution in [2.75, 3.05) is 13.1 Å². The molecule has 1 aromatic carbocycles. The molecular formula is C21H28N6. The number of hydrogen-bond acceptors (Lipinski definition) is 6. The van der Waals surface area contributed by atoms with E-state index in [1.54, 1.807) is 5.32 Å². The maximum atomic E-state index is 7.48. The van der Waals surface area contributed by atoms with Crippen LogP contribution >= 0.6 is 0 Å². The molecule has 0 spiro atoms. The summed E-state index contributed by atoms with van der Waals surface area (Å²) in [6.45, 7) is 9.01. The molecule has 27 heavy (non-hydrogen) atoms. The summed E-state index contributed by atoms with van der Waals surface area (Å²) < 4.78 is 0. The molecule has 1 aliphatic rings. The lowest BCUT2D eigenvalue weighted by atomic mass is 10.2. The van der Waals surface area contributed by atoms with Crippen molar-refractivity contribution in [2.45, 2.75) is 39.8 Å². The van der Waals surface area contributed by atoms with Crippen LogP contribution in [0, 0.1) is 22.9 Å². The van der Waals surface area contributed by atoms with E-state index in [9.17, 15) is 0 Å². The van der Waals surface area contributed by atoms with Gasteiger partial charge in [0.15, 0.2) is 12.4 Å². The fourth-order valence-electron chi connectivity index (χ4n) is 2.62. The highest BCUT2D eigenvalue weighted by Gasteiger charge is 2.18. The average molecular weight is 364 g/mol.